The summed E-state index contributed by atoms with van der Waals surface area (Å²) in [5, 5.41) is 2.85. The number of nitrogens with two attached hydrogens (primary N) is 1. The zero-order valence-corrected chi connectivity index (χ0v) is 12.8. The van der Waals surface area contributed by atoms with Crippen molar-refractivity contribution in [2.24, 2.45) is 5.84 Å². The number of methoxy groups -OCH3 is 1. The van der Waals surface area contributed by atoms with Crippen LogP contribution in [0.4, 0.5) is 0 Å². The van der Waals surface area contributed by atoms with Gasteiger partial charge in [-0.2, -0.15) is 0 Å². The number of hydrazine groups is 1. The summed E-state index contributed by atoms with van der Waals surface area (Å²) in [4.78, 5) is 24.1. The summed E-state index contributed by atoms with van der Waals surface area (Å²) in [7, 11) is 1.50. The number of ether oxygens (including phenoxy) is 1. The van der Waals surface area contributed by atoms with E-state index in [1.807, 2.05) is 30.3 Å². The van der Waals surface area contributed by atoms with Gasteiger partial charge < -0.3 is 10.1 Å². The Morgan fingerprint density at radius 3 is 2.39 bits per heavy atom. The van der Waals surface area contributed by atoms with Gasteiger partial charge in [-0.1, -0.05) is 42.5 Å². The third-order valence-electron chi connectivity index (χ3n) is 3.41. The molecule has 0 saturated carbocycles. The fourth-order valence-corrected chi connectivity index (χ4v) is 2.25. The first-order valence-corrected chi connectivity index (χ1v) is 7.14. The highest BCUT2D eigenvalue weighted by atomic mass is 16.5. The monoisotopic (exact) mass is 313 g/mol. The van der Waals surface area contributed by atoms with E-state index >= 15 is 0 Å². The van der Waals surface area contributed by atoms with Crippen molar-refractivity contribution in [3.63, 3.8) is 0 Å². The molecule has 6 heteroatoms. The predicted octanol–water partition coefficient (Wildman–Crippen LogP) is 1.55. The summed E-state index contributed by atoms with van der Waals surface area (Å²) >= 11 is 0. The Kier molecular flexibility index (Phi) is 5.71. The first-order valence-electron chi connectivity index (χ1n) is 7.14. The molecule has 0 aromatic heterocycles. The number of nitrogens with one attached hydrogen (secondary N) is 2. The van der Waals surface area contributed by atoms with E-state index in [0.29, 0.717) is 11.3 Å². The molecule has 0 saturated heterocycles. The van der Waals surface area contributed by atoms with Crippen LogP contribution in [0.5, 0.6) is 5.75 Å². The number of hydrogen-bond donors (Lipinski definition) is 3. The molecule has 0 radical (unpaired) electrons. The van der Waals surface area contributed by atoms with Gasteiger partial charge in [0.05, 0.1) is 25.1 Å². The highest BCUT2D eigenvalue weighted by Crippen LogP contribution is 2.21. The molecule has 1 atom stereocenters. The minimum atomic E-state index is -0.489. The second kappa shape index (κ2) is 7.95. The maximum absolute atomic E-state index is 12.5. The van der Waals surface area contributed by atoms with Crippen molar-refractivity contribution in [3.8, 4) is 5.75 Å². The SMILES string of the molecule is COc1ccccc1C(=O)NC(CC(=O)NN)c1ccccc1. The van der Waals surface area contributed by atoms with Crippen LogP contribution in [0.2, 0.25) is 0 Å². The number of benzene rings is 2. The molecule has 4 N–H and O–H groups in total. The highest BCUT2D eigenvalue weighted by Gasteiger charge is 2.20. The smallest absolute Gasteiger partial charge is 0.255 e. The number of carbonyl (C=O) groups is 2. The number of hydrogen-bond acceptors (Lipinski definition) is 4. The normalized spacial score (nSPS) is 11.4. The first-order chi connectivity index (χ1) is 11.2. The van der Waals surface area contributed by atoms with Crippen LogP contribution in [-0.4, -0.2) is 18.9 Å². The van der Waals surface area contributed by atoms with E-state index in [1.165, 1.54) is 7.11 Å². The molecule has 0 aliphatic heterocycles. The van der Waals surface area contributed by atoms with Gasteiger partial charge in [0, 0.05) is 0 Å². The van der Waals surface area contributed by atoms with E-state index in [2.05, 4.69) is 10.7 Å². The minimum absolute atomic E-state index is 0.0431. The van der Waals surface area contributed by atoms with Crippen LogP contribution in [0.15, 0.2) is 54.6 Å². The number of amides is 2. The molecule has 2 aromatic carbocycles. The van der Waals surface area contributed by atoms with Gasteiger partial charge in [-0.05, 0) is 17.7 Å². The summed E-state index contributed by atoms with van der Waals surface area (Å²) < 4.78 is 5.20. The molecule has 0 fully saturated rings. The summed E-state index contributed by atoms with van der Waals surface area (Å²) in [6, 6.07) is 15.7. The predicted molar refractivity (Wildman–Crippen MR) is 86.6 cm³/mol. The molecule has 6 nitrogen and oxygen atoms in total. The third-order valence-corrected chi connectivity index (χ3v) is 3.41. The molecule has 0 aliphatic rings. The minimum Gasteiger partial charge on any atom is -0.496 e. The van der Waals surface area contributed by atoms with Gasteiger partial charge >= 0.3 is 0 Å². The Bertz CT molecular complexity index is 674. The van der Waals surface area contributed by atoms with E-state index in [1.54, 1.807) is 24.3 Å². The lowest BCUT2D eigenvalue weighted by molar-refractivity contribution is -0.121. The molecule has 0 aliphatic carbocycles. The van der Waals surface area contributed by atoms with Crippen LogP contribution in [0.1, 0.15) is 28.4 Å². The van der Waals surface area contributed by atoms with E-state index in [9.17, 15) is 9.59 Å². The van der Waals surface area contributed by atoms with Gasteiger partial charge in [0.25, 0.3) is 5.91 Å². The zero-order valence-electron chi connectivity index (χ0n) is 12.8. The van der Waals surface area contributed by atoms with Gasteiger partial charge in [0.15, 0.2) is 0 Å². The lowest BCUT2D eigenvalue weighted by Gasteiger charge is -2.19. The summed E-state index contributed by atoms with van der Waals surface area (Å²) in [6.45, 7) is 0. The Balaban J connectivity index is 2.23. The number of para-hydroxylation sites is 1. The third kappa shape index (κ3) is 4.31. The van der Waals surface area contributed by atoms with Crippen molar-refractivity contribution < 1.29 is 14.3 Å². The van der Waals surface area contributed by atoms with Crippen LogP contribution in [0, 0.1) is 0 Å². The van der Waals surface area contributed by atoms with Crippen molar-refractivity contribution in [2.75, 3.05) is 7.11 Å². The molecule has 0 heterocycles. The van der Waals surface area contributed by atoms with Crippen molar-refractivity contribution in [3.05, 3.63) is 65.7 Å². The Morgan fingerprint density at radius 1 is 1.09 bits per heavy atom. The number of rotatable bonds is 6. The lowest BCUT2D eigenvalue weighted by Crippen LogP contribution is -2.36. The van der Waals surface area contributed by atoms with Crippen LogP contribution in [0.3, 0.4) is 0 Å². The molecule has 0 bridgehead atoms. The lowest BCUT2D eigenvalue weighted by atomic mass is 10.0. The van der Waals surface area contributed by atoms with Gasteiger partial charge in [-0.15, -0.1) is 0 Å². The Morgan fingerprint density at radius 2 is 1.74 bits per heavy atom. The molecule has 23 heavy (non-hydrogen) atoms. The molecule has 2 amide bonds. The molecule has 120 valence electrons. The van der Waals surface area contributed by atoms with E-state index in [-0.39, 0.29) is 18.2 Å². The Labute approximate surface area is 134 Å². The fourth-order valence-electron chi connectivity index (χ4n) is 2.25. The van der Waals surface area contributed by atoms with Gasteiger partial charge in [0.1, 0.15) is 5.75 Å². The van der Waals surface area contributed by atoms with E-state index < -0.39 is 6.04 Å². The van der Waals surface area contributed by atoms with Gasteiger partial charge in [0.2, 0.25) is 5.91 Å². The van der Waals surface area contributed by atoms with Crippen LogP contribution in [-0.2, 0) is 4.79 Å². The average molecular weight is 313 g/mol. The van der Waals surface area contributed by atoms with Crippen molar-refractivity contribution in [1.82, 2.24) is 10.7 Å². The summed E-state index contributed by atoms with van der Waals surface area (Å²) in [5.74, 6) is 4.95. The van der Waals surface area contributed by atoms with E-state index in [0.717, 1.165) is 5.56 Å². The maximum atomic E-state index is 12.5. The quantitative estimate of drug-likeness (QED) is 0.428. The fraction of sp³-hybridized carbons (Fsp3) is 0.176. The second-order valence-electron chi connectivity index (χ2n) is 4.91. The summed E-state index contributed by atoms with van der Waals surface area (Å²) in [6.07, 6.45) is 0.0431. The van der Waals surface area contributed by atoms with Gasteiger partial charge in [-0.3, -0.25) is 15.0 Å². The highest BCUT2D eigenvalue weighted by molar-refractivity contribution is 5.97. The molecular weight excluding hydrogens is 294 g/mol. The Hall–Kier alpha value is -2.86. The van der Waals surface area contributed by atoms with Crippen LogP contribution < -0.4 is 21.3 Å². The van der Waals surface area contributed by atoms with Crippen molar-refractivity contribution >= 4 is 11.8 Å². The van der Waals surface area contributed by atoms with Crippen molar-refractivity contribution in [1.29, 1.82) is 0 Å². The first kappa shape index (κ1) is 16.5. The zero-order chi connectivity index (χ0) is 16.7. The molecule has 0 spiro atoms. The largest absolute Gasteiger partial charge is 0.496 e. The molecule has 2 aromatic rings. The second-order valence-corrected chi connectivity index (χ2v) is 4.91. The maximum Gasteiger partial charge on any atom is 0.255 e. The topological polar surface area (TPSA) is 93.4 Å². The molecule has 2 rings (SSSR count). The standard InChI is InChI=1S/C17H19N3O3/c1-23-15-10-6-5-9-13(15)17(22)19-14(11-16(21)20-18)12-7-3-2-4-8-12/h2-10,14H,11,18H2,1H3,(H,19,22)(H,20,21). The average Bonchev–Trinajstić information content (AvgIpc) is 2.61. The van der Waals surface area contributed by atoms with E-state index in [4.69, 9.17) is 10.6 Å². The number of carbonyl (C=O) groups excluding carboxylic acids is 2. The van der Waals surface area contributed by atoms with Crippen molar-refractivity contribution in [2.45, 2.75) is 12.5 Å². The summed E-state index contributed by atoms with van der Waals surface area (Å²) in [5.41, 5.74) is 3.31. The molecule has 1 unspecified atom stereocenters. The van der Waals surface area contributed by atoms with Crippen LogP contribution in [0.25, 0.3) is 0 Å². The van der Waals surface area contributed by atoms with Gasteiger partial charge in [-0.25, -0.2) is 5.84 Å². The van der Waals surface area contributed by atoms with Crippen LogP contribution >= 0.6 is 0 Å². The molecular formula is C17H19N3O3.